The zero-order valence-corrected chi connectivity index (χ0v) is 20.5. The van der Waals surface area contributed by atoms with Crippen LogP contribution in [0.5, 0.6) is 11.5 Å². The number of hydrogen-bond donors (Lipinski definition) is 0. The first-order chi connectivity index (χ1) is 15.3. The highest BCUT2D eigenvalue weighted by Crippen LogP contribution is 2.34. The van der Waals surface area contributed by atoms with Crippen LogP contribution in [0.3, 0.4) is 0 Å². The Balaban J connectivity index is 1.24. The van der Waals surface area contributed by atoms with Gasteiger partial charge in [-0.05, 0) is 73.6 Å². The van der Waals surface area contributed by atoms with Crippen molar-refractivity contribution in [3.63, 3.8) is 0 Å². The molecule has 2 nitrogen and oxygen atoms in total. The molecule has 0 saturated heterocycles. The Hall–Kier alpha value is -1.18. The van der Waals surface area contributed by atoms with Gasteiger partial charge in [0.05, 0.1) is 13.2 Å². The van der Waals surface area contributed by atoms with Crippen molar-refractivity contribution in [2.45, 2.75) is 110 Å². The van der Waals surface area contributed by atoms with Gasteiger partial charge in [-0.1, -0.05) is 84.5 Å². The fourth-order valence-corrected chi connectivity index (χ4v) is 5.71. The molecule has 0 unspecified atom stereocenters. The molecule has 0 atom stereocenters. The van der Waals surface area contributed by atoms with Crippen molar-refractivity contribution in [2.75, 3.05) is 13.2 Å². The monoisotopic (exact) mass is 428 g/mol. The summed E-state index contributed by atoms with van der Waals surface area (Å²) in [6.07, 6.45) is 20.8. The summed E-state index contributed by atoms with van der Waals surface area (Å²) in [5.74, 6) is 5.63. The minimum Gasteiger partial charge on any atom is -0.494 e. The predicted octanol–water partition coefficient (Wildman–Crippen LogP) is 8.83. The van der Waals surface area contributed by atoms with Crippen molar-refractivity contribution in [1.82, 2.24) is 0 Å². The van der Waals surface area contributed by atoms with Crippen molar-refractivity contribution in [2.24, 2.45) is 23.7 Å². The van der Waals surface area contributed by atoms with E-state index in [0.717, 1.165) is 48.4 Å². The van der Waals surface area contributed by atoms with Gasteiger partial charge in [-0.25, -0.2) is 0 Å². The highest BCUT2D eigenvalue weighted by Gasteiger charge is 2.21. The van der Waals surface area contributed by atoms with Gasteiger partial charge in [0, 0.05) is 0 Å². The van der Waals surface area contributed by atoms with Crippen molar-refractivity contribution >= 4 is 0 Å². The summed E-state index contributed by atoms with van der Waals surface area (Å²) in [5.41, 5.74) is 0. The summed E-state index contributed by atoms with van der Waals surface area (Å²) in [6.45, 7) is 6.36. The van der Waals surface area contributed by atoms with E-state index >= 15 is 0 Å². The molecule has 2 fully saturated rings. The molecule has 0 amide bonds. The van der Waals surface area contributed by atoms with Crippen LogP contribution >= 0.6 is 0 Å². The fraction of sp³-hybridized carbons (Fsp3) is 0.793. The van der Waals surface area contributed by atoms with Crippen LogP contribution in [0.1, 0.15) is 110 Å². The zero-order chi connectivity index (χ0) is 21.7. The molecule has 1 aromatic rings. The molecule has 0 spiro atoms. The molecule has 0 radical (unpaired) electrons. The molecule has 0 aliphatic heterocycles. The van der Waals surface area contributed by atoms with Crippen molar-refractivity contribution in [3.8, 4) is 11.5 Å². The molecule has 31 heavy (non-hydrogen) atoms. The van der Waals surface area contributed by atoms with Crippen LogP contribution in [0, 0.1) is 23.7 Å². The number of ether oxygens (including phenoxy) is 2. The van der Waals surface area contributed by atoms with Crippen molar-refractivity contribution in [3.05, 3.63) is 24.3 Å². The van der Waals surface area contributed by atoms with Gasteiger partial charge in [-0.15, -0.1) is 0 Å². The maximum absolute atomic E-state index is 6.10. The van der Waals surface area contributed by atoms with Crippen molar-refractivity contribution < 1.29 is 9.47 Å². The van der Waals surface area contributed by atoms with Crippen LogP contribution < -0.4 is 9.47 Å². The van der Waals surface area contributed by atoms with Crippen LogP contribution in [0.4, 0.5) is 0 Å². The van der Waals surface area contributed by atoms with Crippen LogP contribution in [0.2, 0.25) is 0 Å². The summed E-state index contributed by atoms with van der Waals surface area (Å²) in [5, 5.41) is 0. The molecule has 1 aromatic carbocycles. The van der Waals surface area contributed by atoms with Crippen LogP contribution in [0.15, 0.2) is 24.3 Å². The third-order valence-electron chi connectivity index (χ3n) is 8.06. The lowest BCUT2D eigenvalue weighted by Crippen LogP contribution is -2.20. The maximum atomic E-state index is 6.10. The van der Waals surface area contributed by atoms with Gasteiger partial charge in [0.25, 0.3) is 0 Å². The van der Waals surface area contributed by atoms with E-state index in [1.54, 1.807) is 0 Å². The van der Waals surface area contributed by atoms with Gasteiger partial charge in [0.2, 0.25) is 0 Å². The smallest absolute Gasteiger partial charge is 0.119 e. The minimum absolute atomic E-state index is 0.741. The fourth-order valence-electron chi connectivity index (χ4n) is 5.71. The number of hydrogen-bond acceptors (Lipinski definition) is 2. The third-order valence-corrected chi connectivity index (χ3v) is 8.06. The third kappa shape index (κ3) is 9.07. The molecular weight excluding hydrogens is 380 g/mol. The summed E-state index contributed by atoms with van der Waals surface area (Å²) in [7, 11) is 0. The van der Waals surface area contributed by atoms with E-state index in [-0.39, 0.29) is 0 Å². The average Bonchev–Trinajstić information content (AvgIpc) is 2.82. The predicted molar refractivity (Wildman–Crippen MR) is 132 cm³/mol. The molecule has 0 aromatic heterocycles. The highest BCUT2D eigenvalue weighted by atomic mass is 16.5. The first-order valence-electron chi connectivity index (χ1n) is 13.6. The van der Waals surface area contributed by atoms with E-state index in [2.05, 4.69) is 38.1 Å². The summed E-state index contributed by atoms with van der Waals surface area (Å²) in [4.78, 5) is 0. The molecule has 176 valence electrons. The van der Waals surface area contributed by atoms with Gasteiger partial charge in [0.15, 0.2) is 0 Å². The highest BCUT2D eigenvalue weighted by molar-refractivity contribution is 5.31. The standard InChI is InChI=1S/C29H48O2/c1-3-5-6-8-25-14-16-27(17-15-25)23-31-29-20-18-28(19-21-29)30-22-7-9-26-12-10-24(4-2)11-13-26/h18-21,24-27H,3-17,22-23H2,1-2H3. The summed E-state index contributed by atoms with van der Waals surface area (Å²) in [6, 6.07) is 8.31. The van der Waals surface area contributed by atoms with E-state index in [1.165, 1.54) is 96.3 Å². The lowest BCUT2D eigenvalue weighted by Gasteiger charge is -2.28. The zero-order valence-electron chi connectivity index (χ0n) is 20.5. The normalized spacial score (nSPS) is 26.5. The molecule has 0 bridgehead atoms. The van der Waals surface area contributed by atoms with Gasteiger partial charge in [-0.2, -0.15) is 0 Å². The average molecular weight is 429 g/mol. The Bertz CT molecular complexity index is 565. The lowest BCUT2D eigenvalue weighted by molar-refractivity contribution is 0.177. The second kappa shape index (κ2) is 14.1. The number of unbranched alkanes of at least 4 members (excludes halogenated alkanes) is 2. The molecule has 0 heterocycles. The van der Waals surface area contributed by atoms with Crippen LogP contribution in [-0.4, -0.2) is 13.2 Å². The van der Waals surface area contributed by atoms with E-state index in [0.29, 0.717) is 0 Å². The first kappa shape index (κ1) is 24.5. The Kier molecular flexibility index (Phi) is 11.1. The Labute approximate surface area is 192 Å². The number of rotatable bonds is 13. The SMILES string of the molecule is CCCCCC1CCC(COc2ccc(OCCCC3CCC(CC)CC3)cc2)CC1. The van der Waals surface area contributed by atoms with Gasteiger partial charge >= 0.3 is 0 Å². The van der Waals surface area contributed by atoms with E-state index in [4.69, 9.17) is 9.47 Å². The molecule has 2 saturated carbocycles. The van der Waals surface area contributed by atoms with Crippen molar-refractivity contribution in [1.29, 1.82) is 0 Å². The first-order valence-corrected chi connectivity index (χ1v) is 13.6. The minimum atomic E-state index is 0.741. The van der Waals surface area contributed by atoms with E-state index in [1.807, 2.05) is 0 Å². The lowest BCUT2D eigenvalue weighted by atomic mass is 9.79. The van der Waals surface area contributed by atoms with E-state index < -0.39 is 0 Å². The Morgan fingerprint density at radius 2 is 1.13 bits per heavy atom. The molecule has 3 rings (SSSR count). The van der Waals surface area contributed by atoms with E-state index in [9.17, 15) is 0 Å². The van der Waals surface area contributed by atoms with Gasteiger partial charge in [0.1, 0.15) is 11.5 Å². The largest absolute Gasteiger partial charge is 0.494 e. The molecular formula is C29H48O2. The molecule has 2 heteroatoms. The summed E-state index contributed by atoms with van der Waals surface area (Å²) >= 11 is 0. The Morgan fingerprint density at radius 3 is 1.71 bits per heavy atom. The number of benzene rings is 1. The summed E-state index contributed by atoms with van der Waals surface area (Å²) < 4.78 is 12.1. The quantitative estimate of drug-likeness (QED) is 0.292. The van der Waals surface area contributed by atoms with Gasteiger partial charge < -0.3 is 9.47 Å². The second-order valence-corrected chi connectivity index (χ2v) is 10.5. The molecule has 2 aliphatic rings. The Morgan fingerprint density at radius 1 is 0.613 bits per heavy atom. The maximum Gasteiger partial charge on any atom is 0.119 e. The van der Waals surface area contributed by atoms with Gasteiger partial charge in [-0.3, -0.25) is 0 Å². The molecule has 2 aliphatic carbocycles. The second-order valence-electron chi connectivity index (χ2n) is 10.5. The topological polar surface area (TPSA) is 18.5 Å². The van der Waals surface area contributed by atoms with Crippen LogP contribution in [0.25, 0.3) is 0 Å². The molecule has 0 N–H and O–H groups in total. The van der Waals surface area contributed by atoms with Crippen LogP contribution in [-0.2, 0) is 0 Å².